The average molecular weight is 385 g/mol. The fourth-order valence-corrected chi connectivity index (χ4v) is 3.02. The Labute approximate surface area is 153 Å². The molecule has 0 saturated heterocycles. The van der Waals surface area contributed by atoms with Crippen LogP contribution in [-0.4, -0.2) is 24.7 Å². The van der Waals surface area contributed by atoms with Crippen molar-refractivity contribution >= 4 is 46.8 Å². The van der Waals surface area contributed by atoms with Gasteiger partial charge in [0.25, 0.3) is 5.91 Å². The molecule has 0 radical (unpaired) electrons. The molecule has 0 heterocycles. The van der Waals surface area contributed by atoms with Crippen LogP contribution < -0.4 is 15.6 Å². The molecule has 0 fully saturated rings. The van der Waals surface area contributed by atoms with E-state index in [0.29, 0.717) is 26.3 Å². The normalized spacial score (nSPS) is 10.1. The molecule has 2 aromatic carbocycles. The lowest BCUT2D eigenvalue weighted by Crippen LogP contribution is -2.42. The largest absolute Gasteiger partial charge is 0.497 e. The molecule has 0 aliphatic heterocycles. The van der Waals surface area contributed by atoms with Crippen molar-refractivity contribution in [1.29, 1.82) is 0 Å². The average Bonchev–Trinajstić information content (AvgIpc) is 2.60. The van der Waals surface area contributed by atoms with Gasteiger partial charge < -0.3 is 4.74 Å². The summed E-state index contributed by atoms with van der Waals surface area (Å²) in [5.74, 6) is -0.168. The summed E-state index contributed by atoms with van der Waals surface area (Å²) in [6, 6.07) is 11.6. The van der Waals surface area contributed by atoms with Crippen molar-refractivity contribution in [3.63, 3.8) is 0 Å². The fraction of sp³-hybridized carbons (Fsp3) is 0.125. The molecule has 0 spiro atoms. The maximum atomic E-state index is 12.0. The van der Waals surface area contributed by atoms with Crippen molar-refractivity contribution in [3.05, 3.63) is 58.1 Å². The smallest absolute Gasteiger partial charge is 0.269 e. The first kappa shape index (κ1) is 18.4. The third-order valence-corrected chi connectivity index (χ3v) is 4.63. The highest BCUT2D eigenvalue weighted by Gasteiger charge is 2.10. The lowest BCUT2D eigenvalue weighted by molar-refractivity contribution is -0.119. The molecule has 2 rings (SSSR count). The van der Waals surface area contributed by atoms with Crippen molar-refractivity contribution < 1.29 is 14.3 Å². The van der Waals surface area contributed by atoms with Gasteiger partial charge in [-0.15, -0.1) is 11.8 Å². The van der Waals surface area contributed by atoms with Crippen LogP contribution in [0, 0.1) is 0 Å². The molecule has 0 unspecified atom stereocenters. The van der Waals surface area contributed by atoms with E-state index in [-0.39, 0.29) is 11.7 Å². The van der Waals surface area contributed by atoms with Crippen LogP contribution in [0.2, 0.25) is 10.0 Å². The van der Waals surface area contributed by atoms with Crippen molar-refractivity contribution in [2.24, 2.45) is 0 Å². The maximum absolute atomic E-state index is 12.0. The van der Waals surface area contributed by atoms with Crippen LogP contribution in [0.25, 0.3) is 0 Å². The molecule has 2 amide bonds. The molecule has 126 valence electrons. The predicted octanol–water partition coefficient (Wildman–Crippen LogP) is 3.56. The van der Waals surface area contributed by atoms with Crippen LogP contribution in [0.3, 0.4) is 0 Å². The highest BCUT2D eigenvalue weighted by molar-refractivity contribution is 8.00. The lowest BCUT2D eigenvalue weighted by atomic mass is 10.2. The van der Waals surface area contributed by atoms with Gasteiger partial charge in [-0.3, -0.25) is 20.4 Å². The van der Waals surface area contributed by atoms with Crippen molar-refractivity contribution in [2.75, 3.05) is 12.9 Å². The van der Waals surface area contributed by atoms with Gasteiger partial charge in [0.2, 0.25) is 5.91 Å². The standard InChI is InChI=1S/C16H14Cl2N2O3S/c1-23-12-4-2-3-10(7-12)16(22)20-19-15(21)9-24-14-8-11(17)5-6-13(14)18/h2-8H,9H2,1H3,(H,19,21)(H,20,22). The molecule has 0 saturated carbocycles. The number of ether oxygens (including phenoxy) is 1. The van der Waals surface area contributed by atoms with E-state index in [2.05, 4.69) is 10.9 Å². The summed E-state index contributed by atoms with van der Waals surface area (Å²) in [6.45, 7) is 0. The second-order valence-electron chi connectivity index (χ2n) is 4.60. The SMILES string of the molecule is COc1cccc(C(=O)NNC(=O)CSc2cc(Cl)ccc2Cl)c1. The first-order chi connectivity index (χ1) is 11.5. The predicted molar refractivity (Wildman–Crippen MR) is 95.8 cm³/mol. The molecule has 0 atom stereocenters. The number of carbonyl (C=O) groups is 2. The summed E-state index contributed by atoms with van der Waals surface area (Å²) in [7, 11) is 1.51. The molecular formula is C16H14Cl2N2O3S. The number of thioether (sulfide) groups is 1. The number of halogens is 2. The van der Waals surface area contributed by atoms with E-state index in [1.807, 2.05) is 0 Å². The molecule has 0 aliphatic carbocycles. The van der Waals surface area contributed by atoms with E-state index in [0.717, 1.165) is 0 Å². The van der Waals surface area contributed by atoms with Gasteiger partial charge >= 0.3 is 0 Å². The molecule has 24 heavy (non-hydrogen) atoms. The monoisotopic (exact) mass is 384 g/mol. The van der Waals surface area contributed by atoms with E-state index in [4.69, 9.17) is 27.9 Å². The van der Waals surface area contributed by atoms with Gasteiger partial charge in [0, 0.05) is 15.5 Å². The summed E-state index contributed by atoms with van der Waals surface area (Å²) in [5.41, 5.74) is 5.07. The minimum absolute atomic E-state index is 0.0818. The van der Waals surface area contributed by atoms with Crippen LogP contribution in [0.4, 0.5) is 0 Å². The Balaban J connectivity index is 1.84. The van der Waals surface area contributed by atoms with E-state index in [1.165, 1.54) is 18.9 Å². The second kappa shape index (κ2) is 8.82. The fourth-order valence-electron chi connectivity index (χ4n) is 1.73. The summed E-state index contributed by atoms with van der Waals surface area (Å²) in [6.07, 6.45) is 0. The van der Waals surface area contributed by atoms with Gasteiger partial charge in [0.1, 0.15) is 5.75 Å². The first-order valence-electron chi connectivity index (χ1n) is 6.80. The number of hydrazine groups is 1. The molecule has 8 heteroatoms. The van der Waals surface area contributed by atoms with Crippen LogP contribution in [0.5, 0.6) is 5.75 Å². The number of methoxy groups -OCH3 is 1. The number of hydrogen-bond acceptors (Lipinski definition) is 4. The zero-order valence-corrected chi connectivity index (χ0v) is 15.0. The lowest BCUT2D eigenvalue weighted by Gasteiger charge is -2.09. The minimum Gasteiger partial charge on any atom is -0.497 e. The molecular weight excluding hydrogens is 371 g/mol. The third-order valence-electron chi connectivity index (χ3n) is 2.90. The molecule has 2 aromatic rings. The number of amides is 2. The van der Waals surface area contributed by atoms with Crippen LogP contribution in [0.1, 0.15) is 10.4 Å². The van der Waals surface area contributed by atoms with Crippen LogP contribution in [0.15, 0.2) is 47.4 Å². The minimum atomic E-state index is -0.437. The zero-order valence-electron chi connectivity index (χ0n) is 12.6. The number of hydrogen-bond donors (Lipinski definition) is 2. The number of benzene rings is 2. The Morgan fingerprint density at radius 3 is 2.67 bits per heavy atom. The Kier molecular flexibility index (Phi) is 6.78. The van der Waals surface area contributed by atoms with Crippen molar-refractivity contribution in [1.82, 2.24) is 10.9 Å². The van der Waals surface area contributed by atoms with Crippen LogP contribution >= 0.6 is 35.0 Å². The molecule has 0 aromatic heterocycles. The maximum Gasteiger partial charge on any atom is 0.269 e. The summed E-state index contributed by atoms with van der Waals surface area (Å²) in [4.78, 5) is 24.5. The summed E-state index contributed by atoms with van der Waals surface area (Å²) in [5, 5.41) is 1.05. The zero-order chi connectivity index (χ0) is 17.5. The van der Waals surface area contributed by atoms with E-state index < -0.39 is 5.91 Å². The summed E-state index contributed by atoms with van der Waals surface area (Å²) >= 11 is 13.1. The highest BCUT2D eigenvalue weighted by Crippen LogP contribution is 2.29. The molecule has 0 bridgehead atoms. The number of rotatable bonds is 5. The Hall–Kier alpha value is -1.89. The Morgan fingerprint density at radius 2 is 1.92 bits per heavy atom. The molecule has 2 N–H and O–H groups in total. The molecule has 5 nitrogen and oxygen atoms in total. The van der Waals surface area contributed by atoms with E-state index >= 15 is 0 Å². The van der Waals surface area contributed by atoms with Crippen LogP contribution in [-0.2, 0) is 4.79 Å². The van der Waals surface area contributed by atoms with Gasteiger partial charge in [-0.1, -0.05) is 29.3 Å². The summed E-state index contributed by atoms with van der Waals surface area (Å²) < 4.78 is 5.05. The van der Waals surface area contributed by atoms with Gasteiger partial charge in [-0.05, 0) is 36.4 Å². The number of carbonyl (C=O) groups excluding carboxylic acids is 2. The van der Waals surface area contributed by atoms with Gasteiger partial charge in [0.15, 0.2) is 0 Å². The van der Waals surface area contributed by atoms with Gasteiger partial charge in [-0.2, -0.15) is 0 Å². The highest BCUT2D eigenvalue weighted by atomic mass is 35.5. The quantitative estimate of drug-likeness (QED) is 0.610. The van der Waals surface area contributed by atoms with Crippen molar-refractivity contribution in [3.8, 4) is 5.75 Å². The Bertz CT molecular complexity index is 756. The van der Waals surface area contributed by atoms with Gasteiger partial charge in [0.05, 0.1) is 17.9 Å². The van der Waals surface area contributed by atoms with Gasteiger partial charge in [-0.25, -0.2) is 0 Å². The Morgan fingerprint density at radius 1 is 1.12 bits per heavy atom. The van der Waals surface area contributed by atoms with E-state index in [9.17, 15) is 9.59 Å². The van der Waals surface area contributed by atoms with Crippen molar-refractivity contribution in [2.45, 2.75) is 4.90 Å². The van der Waals surface area contributed by atoms with E-state index in [1.54, 1.807) is 42.5 Å². The first-order valence-corrected chi connectivity index (χ1v) is 8.55. The third kappa shape index (κ3) is 5.33. The second-order valence-corrected chi connectivity index (χ2v) is 6.46. The number of nitrogens with one attached hydrogen (secondary N) is 2. The molecule has 0 aliphatic rings. The topological polar surface area (TPSA) is 67.4 Å².